The standard InChI is InChI=1S/C21H25ClN4O4/c22-16-12-14(7-8-15(16)18(28)24-13-5-6-13)23-17(27)4-3-11-26-19(29)21(25-20(26)30)9-1-2-10-21/h7-8,12-13H,1-6,9-11H2,(H,23,27)(H,24,28)(H,25,30). The molecule has 3 fully saturated rings. The van der Waals surface area contributed by atoms with Gasteiger partial charge < -0.3 is 16.0 Å². The third-order valence-corrected chi connectivity index (χ3v) is 6.21. The van der Waals surface area contributed by atoms with Crippen LogP contribution in [0.4, 0.5) is 10.5 Å². The van der Waals surface area contributed by atoms with Crippen LogP contribution in [-0.2, 0) is 9.59 Å². The molecule has 0 aromatic heterocycles. The van der Waals surface area contributed by atoms with Crippen molar-refractivity contribution in [3.05, 3.63) is 28.8 Å². The summed E-state index contributed by atoms with van der Waals surface area (Å²) in [6, 6.07) is 4.63. The molecule has 3 N–H and O–H groups in total. The minimum Gasteiger partial charge on any atom is -0.349 e. The number of hydrogen-bond donors (Lipinski definition) is 3. The zero-order valence-corrected chi connectivity index (χ0v) is 17.4. The van der Waals surface area contributed by atoms with Crippen LogP contribution < -0.4 is 16.0 Å². The Balaban J connectivity index is 1.26. The Labute approximate surface area is 179 Å². The number of halogens is 1. The van der Waals surface area contributed by atoms with Crippen LogP contribution in [0.1, 0.15) is 61.7 Å². The number of carbonyl (C=O) groups is 4. The molecule has 1 saturated heterocycles. The Morgan fingerprint density at radius 3 is 2.60 bits per heavy atom. The first kappa shape index (κ1) is 20.7. The lowest BCUT2D eigenvalue weighted by Crippen LogP contribution is -2.44. The summed E-state index contributed by atoms with van der Waals surface area (Å²) < 4.78 is 0. The first-order valence-corrected chi connectivity index (χ1v) is 10.8. The fraction of sp³-hybridized carbons (Fsp3) is 0.524. The highest BCUT2D eigenvalue weighted by atomic mass is 35.5. The van der Waals surface area contributed by atoms with Crippen LogP contribution in [0.5, 0.6) is 0 Å². The molecule has 1 spiro atoms. The fourth-order valence-corrected chi connectivity index (χ4v) is 4.35. The van der Waals surface area contributed by atoms with Crippen LogP contribution in [0.15, 0.2) is 18.2 Å². The molecule has 2 saturated carbocycles. The van der Waals surface area contributed by atoms with Crippen LogP contribution in [0.25, 0.3) is 0 Å². The summed E-state index contributed by atoms with van der Waals surface area (Å²) in [5, 5.41) is 8.72. The number of benzene rings is 1. The highest BCUT2D eigenvalue weighted by Gasteiger charge is 2.52. The van der Waals surface area contributed by atoms with Gasteiger partial charge in [0, 0.05) is 24.7 Å². The molecule has 0 unspecified atom stereocenters. The molecule has 2 aliphatic carbocycles. The van der Waals surface area contributed by atoms with Crippen LogP contribution >= 0.6 is 11.6 Å². The van der Waals surface area contributed by atoms with Crippen molar-refractivity contribution in [2.24, 2.45) is 0 Å². The monoisotopic (exact) mass is 432 g/mol. The van der Waals surface area contributed by atoms with Crippen LogP contribution in [0.2, 0.25) is 5.02 Å². The van der Waals surface area contributed by atoms with Crippen molar-refractivity contribution < 1.29 is 19.2 Å². The number of nitrogens with zero attached hydrogens (tertiary/aromatic N) is 1. The maximum atomic E-state index is 12.6. The summed E-state index contributed by atoms with van der Waals surface area (Å²) in [7, 11) is 0. The predicted octanol–water partition coefficient (Wildman–Crippen LogP) is 2.82. The smallest absolute Gasteiger partial charge is 0.325 e. The minimum atomic E-state index is -0.719. The molecule has 3 aliphatic rings. The zero-order valence-electron chi connectivity index (χ0n) is 16.6. The Kier molecular flexibility index (Phi) is 5.69. The van der Waals surface area contributed by atoms with Crippen LogP contribution in [0, 0.1) is 0 Å². The lowest BCUT2D eigenvalue weighted by Gasteiger charge is -2.19. The number of imide groups is 1. The summed E-state index contributed by atoms with van der Waals surface area (Å²) in [5.41, 5.74) is 0.151. The number of rotatable bonds is 7. The van der Waals surface area contributed by atoms with Crippen molar-refractivity contribution in [2.45, 2.75) is 62.9 Å². The van der Waals surface area contributed by atoms with Crippen molar-refractivity contribution in [2.75, 3.05) is 11.9 Å². The summed E-state index contributed by atoms with van der Waals surface area (Å²) in [6.45, 7) is 0.209. The summed E-state index contributed by atoms with van der Waals surface area (Å²) in [5.74, 6) is -0.630. The molecular formula is C21H25ClN4O4. The van der Waals surface area contributed by atoms with Gasteiger partial charge in [0.1, 0.15) is 5.54 Å². The number of anilines is 1. The number of amides is 5. The van der Waals surface area contributed by atoms with Crippen molar-refractivity contribution in [1.82, 2.24) is 15.5 Å². The molecule has 1 heterocycles. The van der Waals surface area contributed by atoms with Crippen LogP contribution in [-0.4, -0.2) is 46.8 Å². The Hall–Kier alpha value is -2.61. The van der Waals surface area contributed by atoms with E-state index in [1.165, 1.54) is 4.90 Å². The number of urea groups is 1. The van der Waals surface area contributed by atoms with Gasteiger partial charge in [-0.2, -0.15) is 0 Å². The van der Waals surface area contributed by atoms with E-state index in [-0.39, 0.29) is 47.8 Å². The molecule has 4 rings (SSSR count). The Morgan fingerprint density at radius 2 is 1.93 bits per heavy atom. The summed E-state index contributed by atoms with van der Waals surface area (Å²) in [4.78, 5) is 50.3. The summed E-state index contributed by atoms with van der Waals surface area (Å²) in [6.07, 6.45) is 5.75. The van der Waals surface area contributed by atoms with Gasteiger partial charge in [-0.05, 0) is 50.3 Å². The quantitative estimate of drug-likeness (QED) is 0.576. The van der Waals surface area contributed by atoms with Gasteiger partial charge in [-0.25, -0.2) is 4.79 Å². The molecule has 8 nitrogen and oxygen atoms in total. The molecule has 1 aromatic rings. The normalized spacial score (nSPS) is 19.8. The zero-order chi connectivity index (χ0) is 21.3. The van der Waals surface area contributed by atoms with E-state index in [0.29, 0.717) is 30.5 Å². The van der Waals surface area contributed by atoms with Crippen LogP contribution in [0.3, 0.4) is 0 Å². The van der Waals surface area contributed by atoms with Gasteiger partial charge in [0.05, 0.1) is 10.6 Å². The molecule has 0 radical (unpaired) electrons. The lowest BCUT2D eigenvalue weighted by molar-refractivity contribution is -0.131. The van der Waals surface area contributed by atoms with Gasteiger partial charge in [0.2, 0.25) is 5.91 Å². The molecule has 160 valence electrons. The Morgan fingerprint density at radius 1 is 1.20 bits per heavy atom. The third-order valence-electron chi connectivity index (χ3n) is 5.90. The average molecular weight is 433 g/mol. The molecule has 1 aliphatic heterocycles. The minimum absolute atomic E-state index is 0.158. The molecule has 1 aromatic carbocycles. The average Bonchev–Trinajstić information content (AvgIpc) is 3.32. The largest absolute Gasteiger partial charge is 0.349 e. The molecule has 0 bridgehead atoms. The van der Waals surface area contributed by atoms with Gasteiger partial charge in [0.25, 0.3) is 11.8 Å². The summed E-state index contributed by atoms with van der Waals surface area (Å²) >= 11 is 6.19. The third kappa shape index (κ3) is 4.28. The second-order valence-corrected chi connectivity index (χ2v) is 8.68. The molecular weight excluding hydrogens is 408 g/mol. The highest BCUT2D eigenvalue weighted by Crippen LogP contribution is 2.35. The van der Waals surface area contributed by atoms with E-state index >= 15 is 0 Å². The SMILES string of the molecule is O=C(CCCN1C(=O)NC2(CCCC2)C1=O)Nc1ccc(C(=O)NC2CC2)c(Cl)c1. The van der Waals surface area contributed by atoms with E-state index in [4.69, 9.17) is 11.6 Å². The van der Waals surface area contributed by atoms with E-state index in [9.17, 15) is 19.2 Å². The van der Waals surface area contributed by atoms with Crippen molar-refractivity contribution in [1.29, 1.82) is 0 Å². The van der Waals surface area contributed by atoms with E-state index in [0.717, 1.165) is 25.7 Å². The van der Waals surface area contributed by atoms with Gasteiger partial charge in [-0.3, -0.25) is 19.3 Å². The second kappa shape index (κ2) is 8.26. The van der Waals surface area contributed by atoms with Crippen molar-refractivity contribution >= 4 is 41.0 Å². The van der Waals surface area contributed by atoms with Gasteiger partial charge in [-0.1, -0.05) is 24.4 Å². The van der Waals surface area contributed by atoms with E-state index in [2.05, 4.69) is 16.0 Å². The molecule has 5 amide bonds. The molecule has 0 atom stereocenters. The second-order valence-electron chi connectivity index (χ2n) is 8.27. The lowest BCUT2D eigenvalue weighted by atomic mass is 9.98. The maximum Gasteiger partial charge on any atom is 0.325 e. The highest BCUT2D eigenvalue weighted by molar-refractivity contribution is 6.34. The van der Waals surface area contributed by atoms with Gasteiger partial charge in [0.15, 0.2) is 0 Å². The number of carbonyl (C=O) groups excluding carboxylic acids is 4. The number of hydrogen-bond acceptors (Lipinski definition) is 4. The molecule has 30 heavy (non-hydrogen) atoms. The molecule has 9 heteroatoms. The van der Waals surface area contributed by atoms with Gasteiger partial charge in [-0.15, -0.1) is 0 Å². The van der Waals surface area contributed by atoms with E-state index in [1.807, 2.05) is 0 Å². The fourth-order valence-electron chi connectivity index (χ4n) is 4.09. The van der Waals surface area contributed by atoms with Gasteiger partial charge >= 0.3 is 6.03 Å². The first-order valence-electron chi connectivity index (χ1n) is 10.4. The maximum absolute atomic E-state index is 12.6. The van der Waals surface area contributed by atoms with Crippen molar-refractivity contribution in [3.8, 4) is 0 Å². The predicted molar refractivity (Wildman–Crippen MR) is 111 cm³/mol. The first-order chi connectivity index (χ1) is 14.4. The van der Waals surface area contributed by atoms with E-state index in [1.54, 1.807) is 18.2 Å². The number of nitrogens with one attached hydrogen (secondary N) is 3. The topological polar surface area (TPSA) is 108 Å². The Bertz CT molecular complexity index is 893. The van der Waals surface area contributed by atoms with Crippen molar-refractivity contribution in [3.63, 3.8) is 0 Å². The van der Waals surface area contributed by atoms with E-state index < -0.39 is 5.54 Å².